The van der Waals surface area contributed by atoms with Crippen LogP contribution in [-0.2, 0) is 4.79 Å². The molecule has 0 aliphatic heterocycles. The Bertz CT molecular complexity index is 1310. The Labute approximate surface area is 185 Å². The van der Waals surface area contributed by atoms with Crippen LogP contribution in [0.4, 0.5) is 0 Å². The van der Waals surface area contributed by atoms with E-state index in [1.165, 1.54) is 4.68 Å². The van der Waals surface area contributed by atoms with Gasteiger partial charge in [0.05, 0.1) is 11.4 Å². The summed E-state index contributed by atoms with van der Waals surface area (Å²) in [6, 6.07) is 12.9. The predicted molar refractivity (Wildman–Crippen MR) is 122 cm³/mol. The summed E-state index contributed by atoms with van der Waals surface area (Å²) < 4.78 is 4.93. The van der Waals surface area contributed by atoms with Crippen LogP contribution in [0, 0.1) is 6.92 Å². The Hall–Kier alpha value is -3.68. The first-order valence-corrected chi connectivity index (χ1v) is 11.1. The number of nitrogens with one attached hydrogen (secondary N) is 1. The van der Waals surface area contributed by atoms with Crippen LogP contribution in [0.2, 0.25) is 0 Å². The number of hydrogen-bond acceptors (Lipinski definition) is 4. The van der Waals surface area contributed by atoms with Gasteiger partial charge in [-0.1, -0.05) is 31.0 Å². The molecular weight excluding hydrogens is 404 g/mol. The highest BCUT2D eigenvalue weighted by Crippen LogP contribution is 2.25. The minimum Gasteiger partial charge on any atom is -0.352 e. The summed E-state index contributed by atoms with van der Waals surface area (Å²) in [4.78, 5) is 26.6. The van der Waals surface area contributed by atoms with Gasteiger partial charge in [0.1, 0.15) is 16.9 Å². The SMILES string of the molecule is Cc1nn([C@@H](C)C(=O)NC2CCCC2)c(=O)c2c(-n3cccc3)n(-c3ccccc3)nc12. The quantitative estimate of drug-likeness (QED) is 0.526. The van der Waals surface area contributed by atoms with Crippen LogP contribution in [-0.4, -0.2) is 36.1 Å². The van der Waals surface area contributed by atoms with Crippen LogP contribution < -0.4 is 10.9 Å². The Morgan fingerprint density at radius 1 is 1.06 bits per heavy atom. The van der Waals surface area contributed by atoms with Crippen molar-refractivity contribution in [3.8, 4) is 11.5 Å². The van der Waals surface area contributed by atoms with Crippen LogP contribution in [0.5, 0.6) is 0 Å². The second-order valence-corrected chi connectivity index (χ2v) is 8.39. The maximum atomic E-state index is 13.7. The Morgan fingerprint density at radius 2 is 1.75 bits per heavy atom. The third-order valence-corrected chi connectivity index (χ3v) is 6.18. The van der Waals surface area contributed by atoms with Gasteiger partial charge in [0.25, 0.3) is 5.56 Å². The van der Waals surface area contributed by atoms with Gasteiger partial charge in [-0.05, 0) is 51.0 Å². The molecule has 164 valence electrons. The van der Waals surface area contributed by atoms with Gasteiger partial charge in [-0.3, -0.25) is 9.59 Å². The summed E-state index contributed by atoms with van der Waals surface area (Å²) in [7, 11) is 0. The monoisotopic (exact) mass is 430 g/mol. The van der Waals surface area contributed by atoms with Gasteiger partial charge >= 0.3 is 0 Å². The largest absolute Gasteiger partial charge is 0.352 e. The number of benzene rings is 1. The highest BCUT2D eigenvalue weighted by molar-refractivity contribution is 5.88. The van der Waals surface area contributed by atoms with Crippen LogP contribution in [0.3, 0.4) is 0 Å². The molecular formula is C24H26N6O2. The van der Waals surface area contributed by atoms with Gasteiger partial charge < -0.3 is 9.88 Å². The third-order valence-electron chi connectivity index (χ3n) is 6.18. The third kappa shape index (κ3) is 3.41. The molecule has 1 amide bonds. The molecule has 1 fully saturated rings. The van der Waals surface area contributed by atoms with Crippen LogP contribution >= 0.6 is 0 Å². The maximum absolute atomic E-state index is 13.7. The van der Waals surface area contributed by atoms with E-state index in [0.29, 0.717) is 22.4 Å². The van der Waals surface area contributed by atoms with Crippen LogP contribution in [0.1, 0.15) is 44.3 Å². The number of amides is 1. The summed E-state index contributed by atoms with van der Waals surface area (Å²) in [6.45, 7) is 3.54. The fourth-order valence-corrected chi connectivity index (χ4v) is 4.46. The molecule has 1 aliphatic carbocycles. The van der Waals surface area contributed by atoms with E-state index in [2.05, 4.69) is 10.4 Å². The van der Waals surface area contributed by atoms with Gasteiger partial charge in [0.2, 0.25) is 5.91 Å². The molecule has 32 heavy (non-hydrogen) atoms. The smallest absolute Gasteiger partial charge is 0.280 e. The van der Waals surface area contributed by atoms with E-state index in [1.807, 2.05) is 66.3 Å². The molecule has 8 nitrogen and oxygen atoms in total. The zero-order chi connectivity index (χ0) is 22.2. The number of fused-ring (bicyclic) bond motifs is 1. The molecule has 1 N–H and O–H groups in total. The van der Waals surface area contributed by atoms with Crippen molar-refractivity contribution >= 4 is 16.8 Å². The van der Waals surface area contributed by atoms with E-state index >= 15 is 0 Å². The van der Waals surface area contributed by atoms with E-state index in [0.717, 1.165) is 31.4 Å². The zero-order valence-corrected chi connectivity index (χ0v) is 18.2. The van der Waals surface area contributed by atoms with Gasteiger partial charge in [-0.25, -0.2) is 9.36 Å². The molecule has 0 saturated heterocycles. The number of para-hydroxylation sites is 1. The standard InChI is InChI=1S/C24H26N6O2/c1-16-21-20(24(32)29(26-16)17(2)22(31)25-18-10-6-7-11-18)23(28-14-8-9-15-28)30(27-21)19-12-4-3-5-13-19/h3-5,8-9,12-15,17-18H,6-7,10-11H2,1-2H3,(H,25,31)/t17-/m0/s1. The first-order chi connectivity index (χ1) is 15.5. The topological polar surface area (TPSA) is 86.7 Å². The van der Waals surface area contributed by atoms with E-state index in [1.54, 1.807) is 11.6 Å². The molecule has 8 heteroatoms. The molecule has 0 radical (unpaired) electrons. The molecule has 1 atom stereocenters. The van der Waals surface area contributed by atoms with E-state index in [-0.39, 0.29) is 17.5 Å². The number of aryl methyl sites for hydroxylation is 1. The van der Waals surface area contributed by atoms with Crippen molar-refractivity contribution in [1.82, 2.24) is 29.4 Å². The molecule has 3 heterocycles. The second kappa shape index (κ2) is 8.11. The fraction of sp³-hybridized carbons (Fsp3) is 0.333. The molecule has 1 aromatic carbocycles. The van der Waals surface area contributed by atoms with Crippen molar-refractivity contribution < 1.29 is 4.79 Å². The first kappa shape index (κ1) is 20.2. The van der Waals surface area contributed by atoms with Crippen LogP contribution in [0.25, 0.3) is 22.4 Å². The number of carbonyl (C=O) groups excluding carboxylic acids is 1. The second-order valence-electron chi connectivity index (χ2n) is 8.39. The summed E-state index contributed by atoms with van der Waals surface area (Å²) in [5.41, 5.74) is 1.64. The molecule has 0 bridgehead atoms. The Morgan fingerprint density at radius 3 is 2.44 bits per heavy atom. The van der Waals surface area contributed by atoms with Crippen LogP contribution in [0.15, 0.2) is 59.7 Å². The number of rotatable bonds is 5. The number of nitrogens with zero attached hydrogens (tertiary/aromatic N) is 5. The molecule has 4 aromatic rings. The van der Waals surface area contributed by atoms with Crippen molar-refractivity contribution in [2.24, 2.45) is 0 Å². The lowest BCUT2D eigenvalue weighted by Gasteiger charge is -2.18. The van der Waals surface area contributed by atoms with Crippen molar-refractivity contribution in [1.29, 1.82) is 0 Å². The molecule has 0 spiro atoms. The van der Waals surface area contributed by atoms with Gasteiger partial charge in [0.15, 0.2) is 5.82 Å². The highest BCUT2D eigenvalue weighted by Gasteiger charge is 2.27. The first-order valence-electron chi connectivity index (χ1n) is 11.1. The summed E-state index contributed by atoms with van der Waals surface area (Å²) in [5.74, 6) is 0.451. The fourth-order valence-electron chi connectivity index (χ4n) is 4.46. The maximum Gasteiger partial charge on any atom is 0.280 e. The van der Waals surface area contributed by atoms with Crippen molar-refractivity contribution in [3.63, 3.8) is 0 Å². The lowest BCUT2D eigenvalue weighted by molar-refractivity contribution is -0.124. The molecule has 5 rings (SSSR count). The lowest BCUT2D eigenvalue weighted by Crippen LogP contribution is -2.41. The highest BCUT2D eigenvalue weighted by atomic mass is 16.2. The minimum atomic E-state index is -0.719. The number of hydrogen-bond donors (Lipinski definition) is 1. The van der Waals surface area contributed by atoms with Crippen molar-refractivity contribution in [2.45, 2.75) is 51.6 Å². The van der Waals surface area contributed by atoms with E-state index < -0.39 is 6.04 Å². The average Bonchev–Trinajstić information content (AvgIpc) is 3.56. The van der Waals surface area contributed by atoms with Crippen molar-refractivity contribution in [3.05, 3.63) is 70.9 Å². The zero-order valence-electron chi connectivity index (χ0n) is 18.2. The summed E-state index contributed by atoms with van der Waals surface area (Å²) in [5, 5.41) is 12.8. The number of carbonyl (C=O) groups is 1. The van der Waals surface area contributed by atoms with Gasteiger partial charge in [-0.2, -0.15) is 10.2 Å². The molecule has 1 saturated carbocycles. The Balaban J connectivity index is 1.68. The normalized spacial score (nSPS) is 15.3. The molecule has 1 aliphatic rings. The average molecular weight is 431 g/mol. The Kier molecular flexibility index (Phi) is 5.13. The number of aromatic nitrogens is 5. The van der Waals surface area contributed by atoms with Gasteiger partial charge in [0, 0.05) is 18.4 Å². The van der Waals surface area contributed by atoms with Crippen molar-refractivity contribution in [2.75, 3.05) is 0 Å². The minimum absolute atomic E-state index is 0.178. The molecule has 0 unspecified atom stereocenters. The summed E-state index contributed by atoms with van der Waals surface area (Å²) in [6.07, 6.45) is 7.99. The van der Waals surface area contributed by atoms with Gasteiger partial charge in [-0.15, -0.1) is 0 Å². The van der Waals surface area contributed by atoms with E-state index in [9.17, 15) is 9.59 Å². The molecule has 3 aromatic heterocycles. The lowest BCUT2D eigenvalue weighted by atomic mass is 10.2. The summed E-state index contributed by atoms with van der Waals surface area (Å²) >= 11 is 0. The van der Waals surface area contributed by atoms with E-state index in [4.69, 9.17) is 5.10 Å². The predicted octanol–water partition coefficient (Wildman–Crippen LogP) is 3.30.